The van der Waals surface area contributed by atoms with Gasteiger partial charge in [-0.15, -0.1) is 0 Å². The first kappa shape index (κ1) is 11.2. The Morgan fingerprint density at radius 3 is 2.94 bits per heavy atom. The molecule has 2 fully saturated rings. The first-order chi connectivity index (χ1) is 8.45. The Morgan fingerprint density at radius 2 is 2.18 bits per heavy atom. The van der Waals surface area contributed by atoms with Crippen molar-refractivity contribution in [3.63, 3.8) is 0 Å². The molecule has 3 rings (SSSR count). The van der Waals surface area contributed by atoms with Gasteiger partial charge in [0.2, 0.25) is 0 Å². The fourth-order valence-corrected chi connectivity index (χ4v) is 2.59. The van der Waals surface area contributed by atoms with E-state index in [2.05, 4.69) is 14.9 Å². The molecule has 5 heteroatoms. The fourth-order valence-electron chi connectivity index (χ4n) is 2.59. The normalized spacial score (nSPS) is 27.2. The first-order valence-corrected chi connectivity index (χ1v) is 6.37. The number of ether oxygens (including phenoxy) is 2. The molecule has 0 aliphatic carbocycles. The van der Waals surface area contributed by atoms with Gasteiger partial charge in [0.1, 0.15) is 6.10 Å². The predicted molar refractivity (Wildman–Crippen MR) is 62.9 cm³/mol. The highest BCUT2D eigenvalue weighted by molar-refractivity contribution is 5.06. The molecule has 0 radical (unpaired) electrons. The lowest BCUT2D eigenvalue weighted by Crippen LogP contribution is -2.35. The molecule has 1 unspecified atom stereocenters. The van der Waals surface area contributed by atoms with Crippen molar-refractivity contribution in [2.75, 3.05) is 32.9 Å². The molecule has 94 valence electrons. The average molecular weight is 237 g/mol. The number of nitrogens with zero attached hydrogens (tertiary/aromatic N) is 2. The molecule has 1 aromatic rings. The Labute approximate surface area is 101 Å². The summed E-state index contributed by atoms with van der Waals surface area (Å²) in [5.41, 5.74) is 1.20. The minimum Gasteiger partial charge on any atom is -0.381 e. The molecule has 0 saturated carbocycles. The average Bonchev–Trinajstić information content (AvgIpc) is 2.90. The zero-order chi connectivity index (χ0) is 11.5. The summed E-state index contributed by atoms with van der Waals surface area (Å²) in [6.45, 7) is 4.32. The van der Waals surface area contributed by atoms with Crippen LogP contribution in [-0.2, 0) is 9.47 Å². The third-order valence-corrected chi connectivity index (χ3v) is 3.54. The van der Waals surface area contributed by atoms with Crippen molar-refractivity contribution in [3.05, 3.63) is 18.2 Å². The lowest BCUT2D eigenvalue weighted by atomic mass is 10.1. The second-order valence-corrected chi connectivity index (χ2v) is 4.63. The summed E-state index contributed by atoms with van der Waals surface area (Å²) in [6.07, 6.45) is 6.16. The van der Waals surface area contributed by atoms with Crippen LogP contribution in [0.15, 0.2) is 12.5 Å². The summed E-state index contributed by atoms with van der Waals surface area (Å²) in [7, 11) is 0. The molecule has 1 N–H and O–H groups in total. The van der Waals surface area contributed by atoms with Crippen LogP contribution >= 0.6 is 0 Å². The zero-order valence-electron chi connectivity index (χ0n) is 9.97. The maximum absolute atomic E-state index is 5.80. The van der Waals surface area contributed by atoms with E-state index in [0.717, 1.165) is 45.8 Å². The van der Waals surface area contributed by atoms with E-state index in [1.807, 2.05) is 12.5 Å². The molecule has 5 nitrogen and oxygen atoms in total. The molecule has 1 aromatic heterocycles. The third-order valence-electron chi connectivity index (χ3n) is 3.54. The Kier molecular flexibility index (Phi) is 3.40. The van der Waals surface area contributed by atoms with Crippen LogP contribution in [0.3, 0.4) is 0 Å². The van der Waals surface area contributed by atoms with Crippen molar-refractivity contribution in [1.29, 1.82) is 0 Å². The SMILES string of the molecule is c1ncn(C2CCOCC2)c1C1CNCCO1. The van der Waals surface area contributed by atoms with E-state index in [4.69, 9.17) is 9.47 Å². The van der Waals surface area contributed by atoms with Crippen molar-refractivity contribution in [2.45, 2.75) is 25.0 Å². The minimum atomic E-state index is 0.147. The van der Waals surface area contributed by atoms with E-state index < -0.39 is 0 Å². The highest BCUT2D eigenvalue weighted by Gasteiger charge is 2.24. The number of imidazole rings is 1. The highest BCUT2D eigenvalue weighted by atomic mass is 16.5. The molecular weight excluding hydrogens is 218 g/mol. The number of morpholine rings is 1. The Morgan fingerprint density at radius 1 is 1.29 bits per heavy atom. The predicted octanol–water partition coefficient (Wildman–Crippen LogP) is 0.895. The molecule has 2 aliphatic heterocycles. The second-order valence-electron chi connectivity index (χ2n) is 4.63. The molecule has 0 bridgehead atoms. The maximum Gasteiger partial charge on any atom is 0.111 e. The summed E-state index contributed by atoms with van der Waals surface area (Å²) in [5, 5.41) is 3.36. The summed E-state index contributed by atoms with van der Waals surface area (Å²) in [5.74, 6) is 0. The smallest absolute Gasteiger partial charge is 0.111 e. The Bertz CT molecular complexity index is 322. The van der Waals surface area contributed by atoms with Gasteiger partial charge < -0.3 is 19.4 Å². The van der Waals surface area contributed by atoms with E-state index in [9.17, 15) is 0 Å². The van der Waals surface area contributed by atoms with Gasteiger partial charge in [0.05, 0.1) is 24.8 Å². The van der Waals surface area contributed by atoms with Crippen molar-refractivity contribution in [2.24, 2.45) is 0 Å². The molecule has 1 atom stereocenters. The molecule has 0 spiro atoms. The van der Waals surface area contributed by atoms with Gasteiger partial charge in [-0.2, -0.15) is 0 Å². The fraction of sp³-hybridized carbons (Fsp3) is 0.750. The number of hydrogen-bond donors (Lipinski definition) is 1. The van der Waals surface area contributed by atoms with Crippen molar-refractivity contribution in [1.82, 2.24) is 14.9 Å². The second kappa shape index (κ2) is 5.16. The molecular formula is C12H19N3O2. The van der Waals surface area contributed by atoms with Crippen molar-refractivity contribution in [3.8, 4) is 0 Å². The number of nitrogens with one attached hydrogen (secondary N) is 1. The first-order valence-electron chi connectivity index (χ1n) is 6.37. The zero-order valence-corrected chi connectivity index (χ0v) is 9.97. The number of aromatic nitrogens is 2. The van der Waals surface area contributed by atoms with Gasteiger partial charge in [0.25, 0.3) is 0 Å². The topological polar surface area (TPSA) is 48.3 Å². The summed E-state index contributed by atoms with van der Waals surface area (Å²) in [6, 6.07) is 0.520. The highest BCUT2D eigenvalue weighted by Crippen LogP contribution is 2.27. The van der Waals surface area contributed by atoms with E-state index in [1.54, 1.807) is 0 Å². The van der Waals surface area contributed by atoms with Crippen LogP contribution in [0.5, 0.6) is 0 Å². The third kappa shape index (κ3) is 2.36. The molecule has 2 aliphatic rings. The molecule has 17 heavy (non-hydrogen) atoms. The van der Waals surface area contributed by atoms with Gasteiger partial charge in [-0.25, -0.2) is 4.98 Å². The molecule has 0 aromatic carbocycles. The van der Waals surface area contributed by atoms with Gasteiger partial charge in [0.15, 0.2) is 0 Å². The van der Waals surface area contributed by atoms with Crippen LogP contribution < -0.4 is 5.32 Å². The van der Waals surface area contributed by atoms with E-state index >= 15 is 0 Å². The van der Waals surface area contributed by atoms with E-state index in [1.165, 1.54) is 5.69 Å². The van der Waals surface area contributed by atoms with Crippen LogP contribution in [0.25, 0.3) is 0 Å². The largest absolute Gasteiger partial charge is 0.381 e. The van der Waals surface area contributed by atoms with Gasteiger partial charge >= 0.3 is 0 Å². The number of rotatable bonds is 2. The number of hydrogen-bond acceptors (Lipinski definition) is 4. The van der Waals surface area contributed by atoms with E-state index in [0.29, 0.717) is 6.04 Å². The van der Waals surface area contributed by atoms with Crippen LogP contribution in [0, 0.1) is 0 Å². The summed E-state index contributed by atoms with van der Waals surface area (Å²) >= 11 is 0. The minimum absolute atomic E-state index is 0.147. The van der Waals surface area contributed by atoms with Gasteiger partial charge in [-0.05, 0) is 12.8 Å². The maximum atomic E-state index is 5.80. The van der Waals surface area contributed by atoms with Gasteiger partial charge in [-0.1, -0.05) is 0 Å². The van der Waals surface area contributed by atoms with Crippen LogP contribution in [-0.4, -0.2) is 42.5 Å². The van der Waals surface area contributed by atoms with Gasteiger partial charge in [-0.3, -0.25) is 0 Å². The van der Waals surface area contributed by atoms with Crippen LogP contribution in [0.1, 0.15) is 30.7 Å². The molecule has 2 saturated heterocycles. The standard InChI is InChI=1S/C12H19N3O2/c1-4-16-5-2-10(1)15-9-14-7-11(15)12-8-13-3-6-17-12/h7,9-10,12-13H,1-6,8H2. The molecule has 0 amide bonds. The quantitative estimate of drug-likeness (QED) is 0.830. The van der Waals surface area contributed by atoms with Crippen molar-refractivity contribution >= 4 is 0 Å². The van der Waals surface area contributed by atoms with Crippen molar-refractivity contribution < 1.29 is 9.47 Å². The summed E-state index contributed by atoms with van der Waals surface area (Å²) < 4.78 is 13.5. The lowest BCUT2D eigenvalue weighted by Gasteiger charge is -2.29. The Hall–Kier alpha value is -0.910. The summed E-state index contributed by atoms with van der Waals surface area (Å²) in [4.78, 5) is 4.29. The van der Waals surface area contributed by atoms with Crippen LogP contribution in [0.4, 0.5) is 0 Å². The monoisotopic (exact) mass is 237 g/mol. The van der Waals surface area contributed by atoms with Crippen LogP contribution in [0.2, 0.25) is 0 Å². The van der Waals surface area contributed by atoms with E-state index in [-0.39, 0.29) is 6.10 Å². The van der Waals surface area contributed by atoms with Gasteiger partial charge in [0, 0.05) is 32.3 Å². The Balaban J connectivity index is 1.77. The molecule has 3 heterocycles. The lowest BCUT2D eigenvalue weighted by molar-refractivity contribution is 0.0180.